The summed E-state index contributed by atoms with van der Waals surface area (Å²) in [5.74, 6) is 0. The van der Waals surface area contributed by atoms with Gasteiger partial charge >= 0.3 is 0 Å². The molecule has 4 nitrogen and oxygen atoms in total. The molecule has 2 aliphatic carbocycles. The van der Waals surface area contributed by atoms with Crippen LogP contribution in [0.5, 0.6) is 0 Å². The Balaban J connectivity index is 1.09. The van der Waals surface area contributed by atoms with Crippen LogP contribution in [-0.4, -0.2) is 12.3 Å². The van der Waals surface area contributed by atoms with Crippen molar-refractivity contribution < 1.29 is 0 Å². The number of benzene rings is 9. The standard InChI is InChI=1S/C88H99BN4/c1-80(2,3)58-31-37-63(38-32-58)90-76-53-64(92-73-43-35-60(82(7,8)9)50-68(73)85(16)46-25-26-47-87(85,92)18)39-41-71(76)89-70-40-33-62(84(13,14)15)52-75(70)91(72-42-34-59(81(4,5)6)49-66(72)56-27-21-20-22-28-56)78-55-65(54-77(90)79(78)89)93-74-44-36-61(83(10,11)12)51-69(74)86(17)48-45-57-29-23-24-30-67(57)88(86,93)19/h20-24,27-44,49-55H,25-26,45-48H2,1-19H3. The van der Waals surface area contributed by atoms with Gasteiger partial charge in [-0.2, -0.15) is 0 Å². The minimum atomic E-state index is -0.460. The van der Waals surface area contributed by atoms with E-state index in [4.69, 9.17) is 0 Å². The van der Waals surface area contributed by atoms with Crippen molar-refractivity contribution in [3.05, 3.63) is 232 Å². The van der Waals surface area contributed by atoms with Crippen molar-refractivity contribution in [2.75, 3.05) is 19.6 Å². The van der Waals surface area contributed by atoms with Crippen LogP contribution in [0.2, 0.25) is 0 Å². The number of anilines is 10. The van der Waals surface area contributed by atoms with Crippen LogP contribution in [0.15, 0.2) is 182 Å². The van der Waals surface area contributed by atoms with Crippen LogP contribution >= 0.6 is 0 Å². The van der Waals surface area contributed by atoms with E-state index in [-0.39, 0.29) is 50.2 Å². The average Bonchev–Trinajstić information content (AvgIpc) is 1.65. The van der Waals surface area contributed by atoms with Gasteiger partial charge in [0.1, 0.15) is 0 Å². The van der Waals surface area contributed by atoms with Gasteiger partial charge in [-0.05, 0) is 205 Å². The lowest BCUT2D eigenvalue weighted by atomic mass is 9.33. The Bertz CT molecular complexity index is 4520. The number of hydrogen-bond donors (Lipinski definition) is 0. The van der Waals surface area contributed by atoms with E-state index >= 15 is 0 Å². The monoisotopic (exact) mass is 1220 g/mol. The molecule has 5 heteroatoms. The second-order valence-electron chi connectivity index (χ2n) is 34.9. The first kappa shape index (κ1) is 61.4. The van der Waals surface area contributed by atoms with Gasteiger partial charge < -0.3 is 19.6 Å². The highest BCUT2D eigenvalue weighted by molar-refractivity contribution is 7.00. The van der Waals surface area contributed by atoms with Gasteiger partial charge in [-0.15, -0.1) is 0 Å². The van der Waals surface area contributed by atoms with Gasteiger partial charge in [0.15, 0.2) is 0 Å². The van der Waals surface area contributed by atoms with Crippen molar-refractivity contribution in [3.63, 3.8) is 0 Å². The van der Waals surface area contributed by atoms with E-state index in [0.29, 0.717) is 0 Å². The average molecular weight is 1220 g/mol. The van der Waals surface area contributed by atoms with Crippen molar-refractivity contribution in [1.29, 1.82) is 0 Å². The van der Waals surface area contributed by atoms with Crippen LogP contribution < -0.4 is 36.0 Å². The molecule has 0 amide bonds. The first-order chi connectivity index (χ1) is 43.8. The first-order valence-corrected chi connectivity index (χ1v) is 35.1. The molecule has 6 aliphatic rings. The molecule has 4 atom stereocenters. The van der Waals surface area contributed by atoms with Gasteiger partial charge in [-0.3, -0.25) is 0 Å². The molecule has 0 spiro atoms. The second kappa shape index (κ2) is 20.4. The minimum absolute atomic E-state index is 0.0274. The Hall–Kier alpha value is -7.76. The lowest BCUT2D eigenvalue weighted by molar-refractivity contribution is 0.195. The van der Waals surface area contributed by atoms with Gasteiger partial charge in [0.2, 0.25) is 0 Å². The Morgan fingerprint density at radius 2 is 0.817 bits per heavy atom. The van der Waals surface area contributed by atoms with E-state index in [1.807, 2.05) is 0 Å². The van der Waals surface area contributed by atoms with Crippen molar-refractivity contribution in [2.24, 2.45) is 0 Å². The maximum atomic E-state index is 2.84. The van der Waals surface area contributed by atoms with E-state index < -0.39 is 5.54 Å². The van der Waals surface area contributed by atoms with Crippen LogP contribution in [0.4, 0.5) is 56.9 Å². The Morgan fingerprint density at radius 3 is 1.44 bits per heavy atom. The molecule has 9 aromatic rings. The summed E-state index contributed by atoms with van der Waals surface area (Å²) in [5.41, 5.74) is 30.4. The van der Waals surface area contributed by atoms with Crippen molar-refractivity contribution >= 4 is 80.0 Å². The first-order valence-electron chi connectivity index (χ1n) is 35.1. The fourth-order valence-corrected chi connectivity index (χ4v) is 18.2. The van der Waals surface area contributed by atoms with Gasteiger partial charge in [0.25, 0.3) is 6.71 Å². The van der Waals surface area contributed by atoms with Crippen molar-refractivity contribution in [1.82, 2.24) is 0 Å². The van der Waals surface area contributed by atoms with Gasteiger partial charge in [-0.1, -0.05) is 246 Å². The maximum Gasteiger partial charge on any atom is 0.252 e. The molecule has 0 N–H and O–H groups in total. The summed E-state index contributed by atoms with van der Waals surface area (Å²) in [5, 5.41) is 0. The summed E-state index contributed by atoms with van der Waals surface area (Å²) in [4.78, 5) is 11.1. The normalized spacial score (nSPS) is 22.2. The van der Waals surface area contributed by atoms with Gasteiger partial charge in [-0.25, -0.2) is 0 Å². The predicted octanol–water partition coefficient (Wildman–Crippen LogP) is 21.9. The van der Waals surface area contributed by atoms with E-state index in [2.05, 4.69) is 333 Å². The molecule has 1 fully saturated rings. The molecule has 4 aliphatic heterocycles. The summed E-state index contributed by atoms with van der Waals surface area (Å²) < 4.78 is 0. The molecule has 15 rings (SSSR count). The topological polar surface area (TPSA) is 13.0 Å². The fourth-order valence-electron chi connectivity index (χ4n) is 18.2. The highest BCUT2D eigenvalue weighted by Crippen LogP contribution is 2.66. The third-order valence-corrected chi connectivity index (χ3v) is 24.2. The Labute approximate surface area is 558 Å². The van der Waals surface area contributed by atoms with E-state index in [1.165, 1.54) is 154 Å². The molecule has 0 aromatic heterocycles. The Morgan fingerprint density at radius 1 is 0.344 bits per heavy atom. The third-order valence-electron chi connectivity index (χ3n) is 24.2. The quantitative estimate of drug-likeness (QED) is 0.159. The van der Waals surface area contributed by atoms with Crippen LogP contribution in [0, 0.1) is 0 Å². The lowest BCUT2D eigenvalue weighted by Gasteiger charge is -2.52. The summed E-state index contributed by atoms with van der Waals surface area (Å²) in [6.45, 7) is 45.8. The van der Waals surface area contributed by atoms with E-state index in [9.17, 15) is 0 Å². The molecule has 93 heavy (non-hydrogen) atoms. The number of aryl methyl sites for hydroxylation is 1. The zero-order chi connectivity index (χ0) is 65.7. The number of fused-ring (bicyclic) bond motifs is 12. The molecule has 4 unspecified atom stereocenters. The summed E-state index contributed by atoms with van der Waals surface area (Å²) in [7, 11) is 0. The number of nitrogens with zero attached hydrogens (tertiary/aromatic N) is 4. The SMILES string of the molecule is CC(C)(C)c1ccc(N2c3cc(N4c5ccc(C(C)(C)C)cc5C5(C)CCCCC45C)ccc3B3c4ccc(C(C)(C)C)cc4N(c4ccc(C(C)(C)C)cc4-c4ccccc4)c4cc(N5c6ccc(C(C)(C)C)cc6C6(C)CCc7ccccc7C56C)cc2c43)cc1. The molecule has 4 heterocycles. The molecule has 9 aromatic carbocycles. The molecule has 1 saturated carbocycles. The zero-order valence-electron chi connectivity index (χ0n) is 59.4. The van der Waals surface area contributed by atoms with Crippen LogP contribution in [0.3, 0.4) is 0 Å². The van der Waals surface area contributed by atoms with Crippen molar-refractivity contribution in [2.45, 2.75) is 219 Å². The van der Waals surface area contributed by atoms with Crippen LogP contribution in [0.1, 0.15) is 214 Å². The van der Waals surface area contributed by atoms with Gasteiger partial charge in [0, 0.05) is 67.6 Å². The zero-order valence-corrected chi connectivity index (χ0v) is 59.4. The summed E-state index contributed by atoms with van der Waals surface area (Å²) in [6.07, 6.45) is 6.85. The summed E-state index contributed by atoms with van der Waals surface area (Å²) >= 11 is 0. The summed E-state index contributed by atoms with van der Waals surface area (Å²) in [6, 6.07) is 73.4. The van der Waals surface area contributed by atoms with Crippen LogP contribution in [-0.2, 0) is 49.9 Å². The minimum Gasteiger partial charge on any atom is -0.334 e. The highest BCUT2D eigenvalue weighted by Gasteiger charge is 2.61. The molecule has 0 bridgehead atoms. The lowest BCUT2D eigenvalue weighted by Crippen LogP contribution is -2.61. The van der Waals surface area contributed by atoms with E-state index in [1.54, 1.807) is 0 Å². The molecule has 0 radical (unpaired) electrons. The molecule has 0 saturated heterocycles. The molecular weight excluding hydrogens is 1120 g/mol. The van der Waals surface area contributed by atoms with E-state index in [0.717, 1.165) is 19.3 Å². The molecular formula is C88H99BN4. The second-order valence-corrected chi connectivity index (χ2v) is 34.9. The largest absolute Gasteiger partial charge is 0.334 e. The predicted molar refractivity (Wildman–Crippen MR) is 400 cm³/mol. The maximum absolute atomic E-state index is 2.84. The smallest absolute Gasteiger partial charge is 0.252 e. The van der Waals surface area contributed by atoms with Gasteiger partial charge in [0.05, 0.1) is 16.8 Å². The number of rotatable bonds is 5. The Kier molecular flexibility index (Phi) is 13.5. The number of hydrogen-bond acceptors (Lipinski definition) is 4. The third kappa shape index (κ3) is 9.03. The molecule has 474 valence electrons. The fraction of sp³-hybridized carbons (Fsp3) is 0.386. The van der Waals surface area contributed by atoms with Crippen molar-refractivity contribution in [3.8, 4) is 11.1 Å². The van der Waals surface area contributed by atoms with Crippen LogP contribution in [0.25, 0.3) is 11.1 Å². The highest BCUT2D eigenvalue weighted by atomic mass is 15.3.